The molecule has 0 radical (unpaired) electrons. The van der Waals surface area contributed by atoms with Gasteiger partial charge in [-0.1, -0.05) is 38.1 Å². The molecule has 1 aromatic heterocycles. The summed E-state index contributed by atoms with van der Waals surface area (Å²) in [4.78, 5) is 0. The summed E-state index contributed by atoms with van der Waals surface area (Å²) < 4.78 is 1.96. The largest absolute Gasteiger partial charge is 0.319 e. The Kier molecular flexibility index (Phi) is 4.90. The van der Waals surface area contributed by atoms with Gasteiger partial charge in [0.25, 0.3) is 0 Å². The first-order valence-electron chi connectivity index (χ1n) is 7.34. The molecule has 0 aliphatic carbocycles. The molecule has 0 saturated carbocycles. The minimum Gasteiger partial charge on any atom is -0.319 e. The van der Waals surface area contributed by atoms with Gasteiger partial charge in [-0.25, -0.2) is 0 Å². The number of aromatic nitrogens is 3. The molecular formula is C16H24N4. The molecule has 2 atom stereocenters. The second kappa shape index (κ2) is 6.66. The van der Waals surface area contributed by atoms with E-state index in [-0.39, 0.29) is 6.04 Å². The molecule has 0 spiro atoms. The van der Waals surface area contributed by atoms with Crippen molar-refractivity contribution in [3.8, 4) is 0 Å². The van der Waals surface area contributed by atoms with Crippen LogP contribution in [0.2, 0.25) is 0 Å². The van der Waals surface area contributed by atoms with Gasteiger partial charge in [0.15, 0.2) is 0 Å². The minimum atomic E-state index is 0.179. The van der Waals surface area contributed by atoms with Gasteiger partial charge in [0.1, 0.15) is 12.2 Å². The third-order valence-electron chi connectivity index (χ3n) is 3.78. The zero-order valence-corrected chi connectivity index (χ0v) is 12.8. The summed E-state index contributed by atoms with van der Waals surface area (Å²) in [7, 11) is 1.98. The van der Waals surface area contributed by atoms with Crippen LogP contribution >= 0.6 is 0 Å². The lowest BCUT2D eigenvalue weighted by Crippen LogP contribution is -2.26. The molecule has 2 unspecified atom stereocenters. The Morgan fingerprint density at radius 2 is 1.90 bits per heavy atom. The number of rotatable bonds is 6. The highest BCUT2D eigenvalue weighted by Crippen LogP contribution is 2.21. The molecule has 1 N–H and O–H groups in total. The fourth-order valence-corrected chi connectivity index (χ4v) is 2.50. The highest BCUT2D eigenvalue weighted by molar-refractivity contribution is 5.25. The van der Waals surface area contributed by atoms with E-state index in [9.17, 15) is 0 Å². The van der Waals surface area contributed by atoms with Gasteiger partial charge < -0.3 is 9.88 Å². The van der Waals surface area contributed by atoms with E-state index in [4.69, 9.17) is 0 Å². The topological polar surface area (TPSA) is 42.7 Å². The van der Waals surface area contributed by atoms with Crippen LogP contribution in [0, 0.1) is 0 Å². The van der Waals surface area contributed by atoms with Crippen molar-refractivity contribution in [1.29, 1.82) is 0 Å². The van der Waals surface area contributed by atoms with Crippen LogP contribution in [0.25, 0.3) is 0 Å². The molecular weight excluding hydrogens is 248 g/mol. The number of nitrogens with one attached hydrogen (secondary N) is 1. The fraction of sp³-hybridized carbons (Fsp3) is 0.500. The summed E-state index contributed by atoms with van der Waals surface area (Å²) in [6.45, 7) is 6.52. The van der Waals surface area contributed by atoms with Crippen LogP contribution in [0.3, 0.4) is 0 Å². The number of hydrogen-bond donors (Lipinski definition) is 1. The predicted molar refractivity (Wildman–Crippen MR) is 81.4 cm³/mol. The molecule has 1 heterocycles. The van der Waals surface area contributed by atoms with E-state index in [1.54, 1.807) is 6.33 Å². The lowest BCUT2D eigenvalue weighted by Gasteiger charge is -2.22. The van der Waals surface area contributed by atoms with Gasteiger partial charge in [0, 0.05) is 13.1 Å². The summed E-state index contributed by atoms with van der Waals surface area (Å²) in [6.07, 6.45) is 3.87. The fourth-order valence-electron chi connectivity index (χ4n) is 2.50. The summed E-state index contributed by atoms with van der Waals surface area (Å²) in [5.74, 6) is 0.966. The van der Waals surface area contributed by atoms with Crippen molar-refractivity contribution in [2.75, 3.05) is 0 Å². The summed E-state index contributed by atoms with van der Waals surface area (Å²) in [5.41, 5.74) is 2.71. The van der Waals surface area contributed by atoms with Gasteiger partial charge in [0.2, 0.25) is 0 Å². The van der Waals surface area contributed by atoms with Crippen LogP contribution in [0.5, 0.6) is 0 Å². The average Bonchev–Trinajstić information content (AvgIpc) is 2.91. The first kappa shape index (κ1) is 14.7. The van der Waals surface area contributed by atoms with E-state index in [0.29, 0.717) is 6.04 Å². The summed E-state index contributed by atoms with van der Waals surface area (Å²) >= 11 is 0. The van der Waals surface area contributed by atoms with Crippen LogP contribution in [-0.2, 0) is 13.5 Å². The normalized spacial score (nSPS) is 14.2. The number of nitrogens with zero attached hydrogens (tertiary/aromatic N) is 3. The highest BCUT2D eigenvalue weighted by atomic mass is 15.3. The molecule has 1 aromatic carbocycles. The van der Waals surface area contributed by atoms with Crippen molar-refractivity contribution >= 4 is 0 Å². The lowest BCUT2D eigenvalue weighted by atomic mass is 10.0. The van der Waals surface area contributed by atoms with Gasteiger partial charge >= 0.3 is 0 Å². The average molecular weight is 272 g/mol. The number of benzene rings is 1. The van der Waals surface area contributed by atoms with Crippen LogP contribution in [0.4, 0.5) is 0 Å². The van der Waals surface area contributed by atoms with E-state index in [2.05, 4.69) is 60.6 Å². The maximum absolute atomic E-state index is 4.17. The zero-order chi connectivity index (χ0) is 14.5. The van der Waals surface area contributed by atoms with E-state index < -0.39 is 0 Å². The Labute approximate surface area is 121 Å². The molecule has 0 amide bonds. The quantitative estimate of drug-likeness (QED) is 0.878. The van der Waals surface area contributed by atoms with E-state index >= 15 is 0 Å². The zero-order valence-electron chi connectivity index (χ0n) is 12.8. The Morgan fingerprint density at radius 3 is 2.40 bits per heavy atom. The van der Waals surface area contributed by atoms with Crippen molar-refractivity contribution in [3.63, 3.8) is 0 Å². The number of aryl methyl sites for hydroxylation is 2. The Hall–Kier alpha value is -1.68. The smallest absolute Gasteiger partial charge is 0.149 e. The SMILES string of the molecule is CCc1ccc(C(CC)NC(C)c2nncn2C)cc1. The van der Waals surface area contributed by atoms with E-state index in [0.717, 1.165) is 18.7 Å². The molecule has 0 bridgehead atoms. The van der Waals surface area contributed by atoms with Gasteiger partial charge in [-0.05, 0) is 30.9 Å². The molecule has 0 aliphatic heterocycles. The van der Waals surface area contributed by atoms with E-state index in [1.165, 1.54) is 11.1 Å². The molecule has 108 valence electrons. The van der Waals surface area contributed by atoms with Crippen LogP contribution in [0.1, 0.15) is 56.2 Å². The Bertz CT molecular complexity index is 530. The molecule has 0 aliphatic rings. The van der Waals surface area contributed by atoms with Crippen molar-refractivity contribution in [1.82, 2.24) is 20.1 Å². The number of hydrogen-bond acceptors (Lipinski definition) is 3. The summed E-state index contributed by atoms with van der Waals surface area (Å²) in [6, 6.07) is 9.40. The molecule has 2 rings (SSSR count). The molecule has 0 saturated heterocycles. The van der Waals surface area contributed by atoms with Crippen molar-refractivity contribution in [2.24, 2.45) is 7.05 Å². The van der Waals surface area contributed by atoms with Crippen LogP contribution in [-0.4, -0.2) is 14.8 Å². The monoisotopic (exact) mass is 272 g/mol. The van der Waals surface area contributed by atoms with Gasteiger partial charge in [0.05, 0.1) is 6.04 Å². The maximum Gasteiger partial charge on any atom is 0.149 e. The Balaban J connectivity index is 2.10. The molecule has 2 aromatic rings. The minimum absolute atomic E-state index is 0.179. The predicted octanol–water partition coefficient (Wildman–Crippen LogP) is 3.18. The molecule has 4 heteroatoms. The van der Waals surface area contributed by atoms with Crippen molar-refractivity contribution in [2.45, 2.75) is 45.7 Å². The molecule has 20 heavy (non-hydrogen) atoms. The van der Waals surface area contributed by atoms with Crippen molar-refractivity contribution < 1.29 is 0 Å². The third-order valence-corrected chi connectivity index (χ3v) is 3.78. The maximum atomic E-state index is 4.17. The molecule has 4 nitrogen and oxygen atoms in total. The van der Waals surface area contributed by atoms with Gasteiger partial charge in [-0.2, -0.15) is 0 Å². The van der Waals surface area contributed by atoms with E-state index in [1.807, 2.05) is 11.6 Å². The first-order chi connectivity index (χ1) is 9.65. The first-order valence-corrected chi connectivity index (χ1v) is 7.34. The third kappa shape index (κ3) is 3.25. The van der Waals surface area contributed by atoms with Crippen molar-refractivity contribution in [3.05, 3.63) is 47.5 Å². The molecule has 0 fully saturated rings. The second-order valence-corrected chi connectivity index (χ2v) is 5.24. The second-order valence-electron chi connectivity index (χ2n) is 5.24. The highest BCUT2D eigenvalue weighted by Gasteiger charge is 2.16. The van der Waals surface area contributed by atoms with Crippen LogP contribution < -0.4 is 5.32 Å². The lowest BCUT2D eigenvalue weighted by molar-refractivity contribution is 0.434. The summed E-state index contributed by atoms with van der Waals surface area (Å²) in [5, 5.41) is 11.8. The van der Waals surface area contributed by atoms with Gasteiger partial charge in [-0.3, -0.25) is 0 Å². The Morgan fingerprint density at radius 1 is 1.20 bits per heavy atom. The van der Waals surface area contributed by atoms with Crippen LogP contribution in [0.15, 0.2) is 30.6 Å². The van der Waals surface area contributed by atoms with Gasteiger partial charge in [-0.15, -0.1) is 10.2 Å². The standard InChI is InChI=1S/C16H24N4/c1-5-13-7-9-14(10-8-13)15(6-2)18-12(3)16-19-17-11-20(16)4/h7-12,15,18H,5-6H2,1-4H3.